The van der Waals surface area contributed by atoms with Crippen LogP contribution in [-0.2, 0) is 9.63 Å². The third-order valence-corrected chi connectivity index (χ3v) is 5.38. The summed E-state index contributed by atoms with van der Waals surface area (Å²) in [5, 5.41) is 16.8. The Balaban J connectivity index is 1.65. The second kappa shape index (κ2) is 7.04. The van der Waals surface area contributed by atoms with Crippen LogP contribution in [0.5, 0.6) is 5.75 Å². The third-order valence-electron chi connectivity index (χ3n) is 5.38. The molecule has 2 aliphatic rings. The van der Waals surface area contributed by atoms with E-state index in [0.717, 1.165) is 31.2 Å². The van der Waals surface area contributed by atoms with Crippen molar-refractivity contribution in [2.75, 3.05) is 20.3 Å². The summed E-state index contributed by atoms with van der Waals surface area (Å²) >= 11 is 0. The first kappa shape index (κ1) is 17.7. The molecule has 0 aromatic heterocycles. The molecule has 6 heteroatoms. The Kier molecular flexibility index (Phi) is 4.99. The summed E-state index contributed by atoms with van der Waals surface area (Å²) in [6.45, 7) is 2.33. The van der Waals surface area contributed by atoms with Crippen molar-refractivity contribution in [3.63, 3.8) is 0 Å². The Morgan fingerprint density at radius 1 is 1.36 bits per heavy atom. The number of hydrogen-bond acceptors (Lipinski definition) is 5. The van der Waals surface area contributed by atoms with E-state index in [0.29, 0.717) is 24.4 Å². The van der Waals surface area contributed by atoms with Crippen molar-refractivity contribution in [1.82, 2.24) is 5.32 Å². The molecule has 3 rings (SSSR count). The molecule has 0 saturated heterocycles. The van der Waals surface area contributed by atoms with Crippen LogP contribution in [0.1, 0.15) is 44.6 Å². The molecule has 1 aliphatic carbocycles. The molecule has 1 unspecified atom stereocenters. The molecule has 25 heavy (non-hydrogen) atoms. The molecule has 1 aromatic rings. The average molecular weight is 346 g/mol. The predicted octanol–water partition coefficient (Wildman–Crippen LogP) is 2.25. The van der Waals surface area contributed by atoms with Gasteiger partial charge in [-0.3, -0.25) is 4.79 Å². The fourth-order valence-corrected chi connectivity index (χ4v) is 3.66. The Bertz CT molecular complexity index is 667. The van der Waals surface area contributed by atoms with Gasteiger partial charge in [0.25, 0.3) is 5.91 Å². The van der Waals surface area contributed by atoms with Gasteiger partial charge in [-0.1, -0.05) is 30.1 Å². The van der Waals surface area contributed by atoms with Gasteiger partial charge >= 0.3 is 0 Å². The van der Waals surface area contributed by atoms with Crippen molar-refractivity contribution < 1.29 is 19.5 Å². The smallest absolute Gasteiger partial charge is 0.267 e. The zero-order chi connectivity index (χ0) is 17.9. The lowest BCUT2D eigenvalue weighted by Gasteiger charge is -2.29. The van der Waals surface area contributed by atoms with Gasteiger partial charge in [0, 0.05) is 23.9 Å². The van der Waals surface area contributed by atoms with Gasteiger partial charge in [-0.05, 0) is 31.9 Å². The van der Waals surface area contributed by atoms with Gasteiger partial charge in [0.1, 0.15) is 5.75 Å². The number of nitrogens with one attached hydrogen (secondary N) is 1. The maximum Gasteiger partial charge on any atom is 0.267 e. The van der Waals surface area contributed by atoms with Crippen molar-refractivity contribution in [1.29, 1.82) is 0 Å². The molecule has 0 spiro atoms. The Hall–Kier alpha value is -2.08. The number of aliphatic hydroxyl groups excluding tert-OH is 1. The van der Waals surface area contributed by atoms with Crippen molar-refractivity contribution in [3.8, 4) is 5.75 Å². The van der Waals surface area contributed by atoms with Crippen LogP contribution in [0.2, 0.25) is 0 Å². The summed E-state index contributed by atoms with van der Waals surface area (Å²) in [6.07, 6.45) is 4.48. The number of nitrogens with zero attached hydrogens (tertiary/aromatic N) is 1. The maximum atomic E-state index is 12.7. The zero-order valence-electron chi connectivity index (χ0n) is 14.9. The first-order chi connectivity index (χ1) is 12.0. The van der Waals surface area contributed by atoms with Gasteiger partial charge in [0.2, 0.25) is 5.60 Å². The quantitative estimate of drug-likeness (QED) is 0.828. The SMILES string of the molecule is COc1ccccc1C1=NOC(C)(C(=O)NCC2(CO)CCCC2)C1. The fraction of sp³-hybridized carbons (Fsp3) is 0.579. The van der Waals surface area contributed by atoms with Crippen LogP contribution in [0, 0.1) is 5.41 Å². The molecule has 1 aliphatic heterocycles. The standard InChI is InChI=1S/C19H26N2O4/c1-18(17(23)20-12-19(13-22)9-5-6-10-19)11-15(21-25-18)14-7-3-4-8-16(14)24-2/h3-4,7-8,22H,5-6,9-13H2,1-2H3,(H,20,23). The number of oxime groups is 1. The summed E-state index contributed by atoms with van der Waals surface area (Å²) < 4.78 is 5.36. The first-order valence-corrected chi connectivity index (χ1v) is 8.80. The highest BCUT2D eigenvalue weighted by atomic mass is 16.7. The molecular formula is C19H26N2O4. The molecule has 1 atom stereocenters. The number of rotatable bonds is 6. The van der Waals surface area contributed by atoms with Gasteiger partial charge in [-0.2, -0.15) is 0 Å². The molecule has 136 valence electrons. The lowest BCUT2D eigenvalue weighted by molar-refractivity contribution is -0.142. The fourth-order valence-electron chi connectivity index (χ4n) is 3.66. The largest absolute Gasteiger partial charge is 0.496 e. The molecule has 1 fully saturated rings. The Morgan fingerprint density at radius 3 is 2.76 bits per heavy atom. The number of aliphatic hydroxyl groups is 1. The minimum Gasteiger partial charge on any atom is -0.496 e. The summed E-state index contributed by atoms with van der Waals surface area (Å²) in [5.41, 5.74) is 0.319. The molecule has 0 radical (unpaired) electrons. The Labute approximate surface area is 148 Å². The van der Waals surface area contributed by atoms with E-state index in [1.54, 1.807) is 14.0 Å². The number of carbonyl (C=O) groups excluding carboxylic acids is 1. The van der Waals surface area contributed by atoms with Crippen molar-refractivity contribution in [3.05, 3.63) is 29.8 Å². The van der Waals surface area contributed by atoms with E-state index in [9.17, 15) is 9.90 Å². The van der Waals surface area contributed by atoms with E-state index in [4.69, 9.17) is 9.57 Å². The van der Waals surface area contributed by atoms with Crippen LogP contribution in [0.15, 0.2) is 29.4 Å². The number of para-hydroxylation sites is 1. The van der Waals surface area contributed by atoms with Crippen molar-refractivity contribution in [2.45, 2.75) is 44.6 Å². The second-order valence-corrected chi connectivity index (χ2v) is 7.29. The van der Waals surface area contributed by atoms with Crippen LogP contribution >= 0.6 is 0 Å². The minimum absolute atomic E-state index is 0.105. The average Bonchev–Trinajstić information content (AvgIpc) is 3.28. The molecule has 6 nitrogen and oxygen atoms in total. The second-order valence-electron chi connectivity index (χ2n) is 7.29. The highest BCUT2D eigenvalue weighted by Gasteiger charge is 2.44. The highest BCUT2D eigenvalue weighted by molar-refractivity contribution is 6.07. The molecule has 1 aromatic carbocycles. The number of ether oxygens (including phenoxy) is 1. The number of carbonyl (C=O) groups is 1. The van der Waals surface area contributed by atoms with E-state index >= 15 is 0 Å². The van der Waals surface area contributed by atoms with Crippen LogP contribution in [-0.4, -0.2) is 42.6 Å². The van der Waals surface area contributed by atoms with Crippen molar-refractivity contribution >= 4 is 11.6 Å². The lowest BCUT2D eigenvalue weighted by Crippen LogP contribution is -2.48. The summed E-state index contributed by atoms with van der Waals surface area (Å²) in [4.78, 5) is 18.2. The molecule has 1 saturated carbocycles. The van der Waals surface area contributed by atoms with Gasteiger partial charge in [-0.15, -0.1) is 0 Å². The first-order valence-electron chi connectivity index (χ1n) is 8.80. The number of benzene rings is 1. The molecule has 2 N–H and O–H groups in total. The summed E-state index contributed by atoms with van der Waals surface area (Å²) in [6, 6.07) is 7.56. The monoisotopic (exact) mass is 346 g/mol. The van der Waals surface area contributed by atoms with Gasteiger partial charge in [-0.25, -0.2) is 0 Å². The van der Waals surface area contributed by atoms with Gasteiger partial charge < -0.3 is 20.0 Å². The van der Waals surface area contributed by atoms with E-state index in [1.165, 1.54) is 0 Å². The minimum atomic E-state index is -1.04. The summed E-state index contributed by atoms with van der Waals surface area (Å²) in [7, 11) is 1.61. The summed E-state index contributed by atoms with van der Waals surface area (Å²) in [5.74, 6) is 0.514. The predicted molar refractivity (Wildman–Crippen MR) is 94.6 cm³/mol. The van der Waals surface area contributed by atoms with E-state index in [-0.39, 0.29) is 17.9 Å². The molecule has 0 bridgehead atoms. The van der Waals surface area contributed by atoms with E-state index in [1.807, 2.05) is 24.3 Å². The number of hydrogen-bond donors (Lipinski definition) is 2. The van der Waals surface area contributed by atoms with Gasteiger partial charge in [0.05, 0.1) is 19.4 Å². The molecule has 1 heterocycles. The van der Waals surface area contributed by atoms with Crippen LogP contribution in [0.4, 0.5) is 0 Å². The Morgan fingerprint density at radius 2 is 2.08 bits per heavy atom. The maximum absolute atomic E-state index is 12.7. The topological polar surface area (TPSA) is 80.2 Å². The number of amides is 1. The van der Waals surface area contributed by atoms with E-state index < -0.39 is 5.60 Å². The van der Waals surface area contributed by atoms with Crippen molar-refractivity contribution in [2.24, 2.45) is 10.6 Å². The van der Waals surface area contributed by atoms with Crippen LogP contribution in [0.25, 0.3) is 0 Å². The number of methoxy groups -OCH3 is 1. The van der Waals surface area contributed by atoms with Crippen LogP contribution in [0.3, 0.4) is 0 Å². The third kappa shape index (κ3) is 3.49. The highest BCUT2D eigenvalue weighted by Crippen LogP contribution is 2.37. The molecular weight excluding hydrogens is 320 g/mol. The van der Waals surface area contributed by atoms with E-state index in [2.05, 4.69) is 10.5 Å². The zero-order valence-corrected chi connectivity index (χ0v) is 14.9. The molecule has 1 amide bonds. The normalized spacial score (nSPS) is 24.5. The van der Waals surface area contributed by atoms with Crippen LogP contribution < -0.4 is 10.1 Å². The van der Waals surface area contributed by atoms with Gasteiger partial charge in [0.15, 0.2) is 0 Å². The lowest BCUT2D eigenvalue weighted by atomic mass is 9.86.